The van der Waals surface area contributed by atoms with Crippen molar-refractivity contribution in [2.45, 2.75) is 13.8 Å². The Morgan fingerprint density at radius 1 is 1.44 bits per heavy atom. The predicted octanol–water partition coefficient (Wildman–Crippen LogP) is 3.57. The van der Waals surface area contributed by atoms with E-state index in [1.165, 1.54) is 19.1 Å². The van der Waals surface area contributed by atoms with E-state index in [1.807, 2.05) is 0 Å². The first-order chi connectivity index (χ1) is 8.43. The normalized spacial score (nSPS) is 10.7. The first-order valence-electron chi connectivity index (χ1n) is 5.36. The van der Waals surface area contributed by atoms with Gasteiger partial charge in [-0.15, -0.1) is 0 Å². The highest BCUT2D eigenvalue weighted by Crippen LogP contribution is 2.36. The van der Waals surface area contributed by atoms with Crippen LogP contribution in [0.1, 0.15) is 23.0 Å². The summed E-state index contributed by atoms with van der Waals surface area (Å²) in [6, 6.07) is 4.38. The lowest BCUT2D eigenvalue weighted by Gasteiger charge is -2.05. The number of benzene rings is 1. The van der Waals surface area contributed by atoms with Gasteiger partial charge in [0.05, 0.1) is 27.5 Å². The molecule has 0 amide bonds. The van der Waals surface area contributed by atoms with Crippen LogP contribution < -0.4 is 5.73 Å². The highest BCUT2D eigenvalue weighted by atomic mass is 35.5. The number of nitrogen functional groups attached to an aromatic ring is 1. The Balaban J connectivity index is 2.73. The van der Waals surface area contributed by atoms with Crippen molar-refractivity contribution in [3.05, 3.63) is 40.3 Å². The SMILES string of the molecule is CC(=O)c1c(C)[nH]c(-c2c(F)cccc2Cl)c1N. The third-order valence-corrected chi connectivity index (χ3v) is 3.11. The molecule has 0 bridgehead atoms. The standard InChI is InChI=1S/C13H12ClFN2O/c1-6-10(7(2)18)12(16)13(17-6)11-8(14)4-3-5-9(11)15/h3-5,17H,16H2,1-2H3. The first-order valence-corrected chi connectivity index (χ1v) is 5.74. The molecule has 2 aromatic rings. The summed E-state index contributed by atoms with van der Waals surface area (Å²) < 4.78 is 13.8. The smallest absolute Gasteiger partial charge is 0.163 e. The third kappa shape index (κ3) is 1.88. The molecule has 0 aliphatic rings. The molecule has 0 saturated heterocycles. The van der Waals surface area contributed by atoms with Gasteiger partial charge in [-0.3, -0.25) is 4.79 Å². The van der Waals surface area contributed by atoms with Crippen molar-refractivity contribution >= 4 is 23.1 Å². The number of aryl methyl sites for hydroxylation is 1. The van der Waals surface area contributed by atoms with Crippen molar-refractivity contribution in [2.24, 2.45) is 0 Å². The molecular formula is C13H12ClFN2O. The third-order valence-electron chi connectivity index (χ3n) is 2.79. The van der Waals surface area contributed by atoms with E-state index in [0.717, 1.165) is 0 Å². The monoisotopic (exact) mass is 266 g/mol. The number of hydrogen-bond donors (Lipinski definition) is 2. The summed E-state index contributed by atoms with van der Waals surface area (Å²) in [5, 5.41) is 0.248. The maximum Gasteiger partial charge on any atom is 0.163 e. The van der Waals surface area contributed by atoms with Gasteiger partial charge in [-0.05, 0) is 26.0 Å². The molecule has 0 atom stereocenters. The van der Waals surface area contributed by atoms with E-state index in [-0.39, 0.29) is 22.1 Å². The summed E-state index contributed by atoms with van der Waals surface area (Å²) in [6.07, 6.45) is 0. The number of aromatic amines is 1. The van der Waals surface area contributed by atoms with E-state index in [2.05, 4.69) is 4.98 Å². The molecule has 0 spiro atoms. The van der Waals surface area contributed by atoms with E-state index >= 15 is 0 Å². The lowest BCUT2D eigenvalue weighted by Crippen LogP contribution is -1.98. The summed E-state index contributed by atoms with van der Waals surface area (Å²) in [7, 11) is 0. The number of nitrogens with one attached hydrogen (secondary N) is 1. The van der Waals surface area contributed by atoms with Crippen LogP contribution in [-0.4, -0.2) is 10.8 Å². The van der Waals surface area contributed by atoms with E-state index in [0.29, 0.717) is 17.0 Å². The van der Waals surface area contributed by atoms with Gasteiger partial charge in [-0.2, -0.15) is 0 Å². The molecule has 1 heterocycles. The number of hydrogen-bond acceptors (Lipinski definition) is 2. The molecule has 0 aliphatic carbocycles. The van der Waals surface area contributed by atoms with E-state index in [1.54, 1.807) is 13.0 Å². The summed E-state index contributed by atoms with van der Waals surface area (Å²) in [4.78, 5) is 14.4. The molecule has 5 heteroatoms. The minimum absolute atomic E-state index is 0.167. The van der Waals surface area contributed by atoms with Gasteiger partial charge in [0.25, 0.3) is 0 Å². The minimum atomic E-state index is -0.481. The largest absolute Gasteiger partial charge is 0.396 e. The van der Waals surface area contributed by atoms with Gasteiger partial charge < -0.3 is 10.7 Å². The molecule has 0 aliphatic heterocycles. The zero-order chi connectivity index (χ0) is 13.4. The number of rotatable bonds is 2. The Kier molecular flexibility index (Phi) is 3.13. The van der Waals surface area contributed by atoms with Crippen LogP contribution in [0, 0.1) is 12.7 Å². The van der Waals surface area contributed by atoms with Gasteiger partial charge in [-0.1, -0.05) is 17.7 Å². The quantitative estimate of drug-likeness (QED) is 0.817. The number of halogens is 2. The Labute approximate surface area is 109 Å². The van der Waals surface area contributed by atoms with E-state index < -0.39 is 5.82 Å². The summed E-state index contributed by atoms with van der Waals surface area (Å²) >= 11 is 5.98. The Bertz CT molecular complexity index is 614. The molecule has 0 saturated carbocycles. The molecule has 3 N–H and O–H groups in total. The van der Waals surface area contributed by atoms with Gasteiger partial charge in [0.2, 0.25) is 0 Å². The second-order valence-electron chi connectivity index (χ2n) is 4.07. The number of carbonyl (C=O) groups is 1. The Morgan fingerprint density at radius 2 is 2.11 bits per heavy atom. The van der Waals surface area contributed by atoms with Gasteiger partial charge in [0, 0.05) is 5.69 Å². The fourth-order valence-electron chi connectivity index (χ4n) is 2.03. The molecule has 1 aromatic carbocycles. The van der Waals surface area contributed by atoms with Gasteiger partial charge in [-0.25, -0.2) is 4.39 Å². The molecule has 1 aromatic heterocycles. The van der Waals surface area contributed by atoms with E-state index in [4.69, 9.17) is 17.3 Å². The predicted molar refractivity (Wildman–Crippen MR) is 70.4 cm³/mol. The lowest BCUT2D eigenvalue weighted by molar-refractivity contribution is 0.101. The van der Waals surface area contributed by atoms with Crippen LogP contribution in [-0.2, 0) is 0 Å². The van der Waals surface area contributed by atoms with Crippen LogP contribution in [0.2, 0.25) is 5.02 Å². The number of anilines is 1. The molecule has 0 fully saturated rings. The topological polar surface area (TPSA) is 58.9 Å². The van der Waals surface area contributed by atoms with Crippen molar-refractivity contribution in [3.63, 3.8) is 0 Å². The van der Waals surface area contributed by atoms with Crippen LogP contribution in [0.5, 0.6) is 0 Å². The van der Waals surface area contributed by atoms with E-state index in [9.17, 15) is 9.18 Å². The van der Waals surface area contributed by atoms with Gasteiger partial charge in [0.15, 0.2) is 5.78 Å². The molecule has 3 nitrogen and oxygen atoms in total. The molecule has 18 heavy (non-hydrogen) atoms. The second kappa shape index (κ2) is 4.46. The second-order valence-corrected chi connectivity index (χ2v) is 4.47. The zero-order valence-corrected chi connectivity index (χ0v) is 10.7. The van der Waals surface area contributed by atoms with Gasteiger partial charge in [0.1, 0.15) is 5.82 Å². The molecular weight excluding hydrogens is 255 g/mol. The van der Waals surface area contributed by atoms with Crippen LogP contribution in [0.15, 0.2) is 18.2 Å². The average Bonchev–Trinajstić information content (AvgIpc) is 2.54. The molecule has 0 unspecified atom stereocenters. The Hall–Kier alpha value is -1.81. The zero-order valence-electron chi connectivity index (χ0n) is 9.97. The summed E-state index contributed by atoms with van der Waals surface area (Å²) in [6.45, 7) is 3.13. The number of nitrogens with two attached hydrogens (primary N) is 1. The van der Waals surface area contributed by atoms with Crippen LogP contribution >= 0.6 is 11.6 Å². The van der Waals surface area contributed by atoms with Crippen molar-refractivity contribution < 1.29 is 9.18 Å². The van der Waals surface area contributed by atoms with Crippen LogP contribution in [0.25, 0.3) is 11.3 Å². The lowest BCUT2D eigenvalue weighted by atomic mass is 10.1. The summed E-state index contributed by atoms with van der Waals surface area (Å²) in [5.41, 5.74) is 7.65. The fourth-order valence-corrected chi connectivity index (χ4v) is 2.29. The maximum atomic E-state index is 13.8. The van der Waals surface area contributed by atoms with Crippen molar-refractivity contribution in [1.82, 2.24) is 4.98 Å². The Morgan fingerprint density at radius 3 is 2.61 bits per heavy atom. The number of carbonyl (C=O) groups excluding carboxylic acids is 1. The highest BCUT2D eigenvalue weighted by molar-refractivity contribution is 6.33. The van der Waals surface area contributed by atoms with Gasteiger partial charge >= 0.3 is 0 Å². The first kappa shape index (κ1) is 12.6. The molecule has 2 rings (SSSR count). The molecule has 0 radical (unpaired) electrons. The van der Waals surface area contributed by atoms with Crippen LogP contribution in [0.3, 0.4) is 0 Å². The number of ketones is 1. The van der Waals surface area contributed by atoms with Crippen molar-refractivity contribution in [3.8, 4) is 11.3 Å². The minimum Gasteiger partial charge on any atom is -0.396 e. The summed E-state index contributed by atoms with van der Waals surface area (Å²) in [5.74, 6) is -0.648. The number of H-pyrrole nitrogens is 1. The van der Waals surface area contributed by atoms with Crippen molar-refractivity contribution in [2.75, 3.05) is 5.73 Å². The maximum absolute atomic E-state index is 13.8. The number of aromatic nitrogens is 1. The average molecular weight is 267 g/mol. The fraction of sp³-hybridized carbons (Fsp3) is 0.154. The highest BCUT2D eigenvalue weighted by Gasteiger charge is 2.20. The van der Waals surface area contributed by atoms with Crippen LogP contribution in [0.4, 0.5) is 10.1 Å². The molecule has 94 valence electrons. The number of Topliss-reactive ketones (excluding diaryl/α,β-unsaturated/α-hetero) is 1. The van der Waals surface area contributed by atoms with Crippen molar-refractivity contribution in [1.29, 1.82) is 0 Å².